The second kappa shape index (κ2) is 9.73. The van der Waals surface area contributed by atoms with Gasteiger partial charge in [-0.25, -0.2) is 4.39 Å². The first-order valence-electron chi connectivity index (χ1n) is 11.9. The van der Waals surface area contributed by atoms with E-state index in [2.05, 4.69) is 20.1 Å². The standard InChI is InChI=1S/C25H24ClF3N2O7/c26-16-3-1-14(9-17(16)27)35-12-21(33)30-23-5-7-24(8-6-23,20(32)11-23)31-22(34)13-36-15-2-4-18-19(10-15)38-25(28,29)37-18/h1-4,9-10,20,32H,5-8,11-13H2,(H,30,33)(H,31,34). The Morgan fingerprint density at radius 1 is 0.947 bits per heavy atom. The smallest absolute Gasteiger partial charge is 0.484 e. The van der Waals surface area contributed by atoms with E-state index in [1.165, 1.54) is 30.3 Å². The van der Waals surface area contributed by atoms with Crippen LogP contribution < -0.4 is 29.6 Å². The van der Waals surface area contributed by atoms with E-state index in [0.29, 0.717) is 25.7 Å². The third-order valence-corrected chi connectivity index (χ3v) is 7.42. The SMILES string of the molecule is O=C(COc1ccc(Cl)c(F)c1)NC12CCC(NC(=O)COc3ccc4c(c3)OC(F)(F)O4)(CC1)C(O)C2. The van der Waals surface area contributed by atoms with E-state index in [9.17, 15) is 27.9 Å². The van der Waals surface area contributed by atoms with Crippen LogP contribution in [0.3, 0.4) is 0 Å². The molecule has 3 N–H and O–H groups in total. The number of hydrogen-bond acceptors (Lipinski definition) is 7. The summed E-state index contributed by atoms with van der Waals surface area (Å²) < 4.78 is 59.4. The summed E-state index contributed by atoms with van der Waals surface area (Å²) in [4.78, 5) is 25.2. The number of benzene rings is 2. The number of hydrogen-bond donors (Lipinski definition) is 3. The Hall–Kier alpha value is -3.38. The Balaban J connectivity index is 1.11. The predicted octanol–water partition coefficient (Wildman–Crippen LogP) is 3.31. The molecule has 1 heterocycles. The van der Waals surface area contributed by atoms with Crippen molar-refractivity contribution in [3.8, 4) is 23.0 Å². The zero-order valence-electron chi connectivity index (χ0n) is 19.9. The van der Waals surface area contributed by atoms with Gasteiger partial charge in [-0.3, -0.25) is 9.59 Å². The van der Waals surface area contributed by atoms with Crippen molar-refractivity contribution in [2.45, 2.75) is 55.6 Å². The van der Waals surface area contributed by atoms with E-state index in [4.69, 9.17) is 21.1 Å². The molecule has 3 fully saturated rings. The summed E-state index contributed by atoms with van der Waals surface area (Å²) in [7, 11) is 0. The van der Waals surface area contributed by atoms with Gasteiger partial charge >= 0.3 is 6.29 Å². The molecule has 0 spiro atoms. The summed E-state index contributed by atoms with van der Waals surface area (Å²) >= 11 is 5.64. The third kappa shape index (κ3) is 5.41. The Kier molecular flexibility index (Phi) is 6.72. The van der Waals surface area contributed by atoms with E-state index in [1.807, 2.05) is 0 Å². The first kappa shape index (κ1) is 26.2. The lowest BCUT2D eigenvalue weighted by Crippen LogP contribution is -2.70. The number of carbonyl (C=O) groups is 2. The van der Waals surface area contributed by atoms with Crippen LogP contribution in [0.15, 0.2) is 36.4 Å². The van der Waals surface area contributed by atoms with Crippen LogP contribution in [-0.4, -0.2) is 53.6 Å². The zero-order chi connectivity index (χ0) is 27.1. The van der Waals surface area contributed by atoms with E-state index in [1.54, 1.807) is 0 Å². The maximum absolute atomic E-state index is 13.6. The average Bonchev–Trinajstić information content (AvgIpc) is 3.17. The molecule has 2 aromatic rings. The number of alkyl halides is 2. The van der Waals surface area contributed by atoms with Crippen molar-refractivity contribution >= 4 is 23.4 Å². The molecule has 38 heavy (non-hydrogen) atoms. The largest absolute Gasteiger partial charge is 0.586 e. The van der Waals surface area contributed by atoms with E-state index >= 15 is 0 Å². The summed E-state index contributed by atoms with van der Waals surface area (Å²) in [6, 6.07) is 7.69. The summed E-state index contributed by atoms with van der Waals surface area (Å²) in [5, 5.41) is 16.6. The lowest BCUT2D eigenvalue weighted by Gasteiger charge is -2.56. The van der Waals surface area contributed by atoms with Gasteiger partial charge in [0.2, 0.25) is 0 Å². The maximum atomic E-state index is 13.6. The lowest BCUT2D eigenvalue weighted by atomic mass is 9.60. The van der Waals surface area contributed by atoms with Crippen molar-refractivity contribution in [1.82, 2.24) is 10.6 Å². The topological polar surface area (TPSA) is 115 Å². The third-order valence-electron chi connectivity index (χ3n) is 7.12. The van der Waals surface area contributed by atoms with Gasteiger partial charge in [-0.05, 0) is 56.4 Å². The van der Waals surface area contributed by atoms with Crippen molar-refractivity contribution in [2.75, 3.05) is 13.2 Å². The average molecular weight is 557 g/mol. The monoisotopic (exact) mass is 556 g/mol. The molecular formula is C25H24ClF3N2O7. The number of rotatable bonds is 8. The minimum atomic E-state index is -3.76. The Labute approximate surface area is 220 Å². The molecule has 0 radical (unpaired) electrons. The molecule has 13 heteroatoms. The molecule has 3 saturated carbocycles. The van der Waals surface area contributed by atoms with Gasteiger partial charge in [0.25, 0.3) is 11.8 Å². The number of nitrogens with one attached hydrogen (secondary N) is 2. The molecule has 9 nitrogen and oxygen atoms in total. The van der Waals surface area contributed by atoms with Gasteiger partial charge in [0.1, 0.15) is 17.3 Å². The highest BCUT2D eigenvalue weighted by Gasteiger charge is 2.55. The van der Waals surface area contributed by atoms with Crippen LogP contribution in [0.25, 0.3) is 0 Å². The molecule has 6 rings (SSSR count). The van der Waals surface area contributed by atoms with Crippen molar-refractivity contribution in [3.05, 3.63) is 47.2 Å². The van der Waals surface area contributed by atoms with Crippen LogP contribution in [0, 0.1) is 5.82 Å². The molecule has 1 aliphatic heterocycles. The van der Waals surface area contributed by atoms with Crippen LogP contribution in [-0.2, 0) is 9.59 Å². The lowest BCUT2D eigenvalue weighted by molar-refractivity contribution is -0.286. The fraction of sp³-hybridized carbons (Fsp3) is 0.440. The number of fused-ring (bicyclic) bond motifs is 4. The summed E-state index contributed by atoms with van der Waals surface area (Å²) in [5.41, 5.74) is -1.52. The summed E-state index contributed by atoms with van der Waals surface area (Å²) in [5.74, 6) is -1.61. The Morgan fingerprint density at radius 3 is 2.21 bits per heavy atom. The molecule has 0 aromatic heterocycles. The normalized spacial score (nSPS) is 26.5. The number of ether oxygens (including phenoxy) is 4. The van der Waals surface area contributed by atoms with Gasteiger partial charge in [-0.1, -0.05) is 11.6 Å². The Bertz CT molecular complexity index is 1250. The zero-order valence-corrected chi connectivity index (χ0v) is 20.7. The second-order valence-corrected chi connectivity index (χ2v) is 10.1. The molecule has 3 aliphatic carbocycles. The van der Waals surface area contributed by atoms with E-state index in [-0.39, 0.29) is 41.0 Å². The van der Waals surface area contributed by atoms with Gasteiger partial charge in [0.15, 0.2) is 24.7 Å². The van der Waals surface area contributed by atoms with Crippen LogP contribution >= 0.6 is 11.6 Å². The van der Waals surface area contributed by atoms with Gasteiger partial charge in [-0.2, -0.15) is 0 Å². The fourth-order valence-corrected chi connectivity index (χ4v) is 5.31. The molecule has 2 amide bonds. The van der Waals surface area contributed by atoms with Gasteiger partial charge < -0.3 is 34.7 Å². The highest BCUT2D eigenvalue weighted by atomic mass is 35.5. The number of halogens is 4. The second-order valence-electron chi connectivity index (χ2n) is 9.68. The first-order valence-corrected chi connectivity index (χ1v) is 12.3. The molecule has 0 saturated heterocycles. The van der Waals surface area contributed by atoms with Crippen molar-refractivity contribution in [2.24, 2.45) is 0 Å². The predicted molar refractivity (Wildman–Crippen MR) is 126 cm³/mol. The molecule has 2 aromatic carbocycles. The minimum Gasteiger partial charge on any atom is -0.484 e. The molecule has 204 valence electrons. The highest BCUT2D eigenvalue weighted by Crippen LogP contribution is 2.47. The number of aliphatic hydroxyl groups excluding tert-OH is 1. The Morgan fingerprint density at radius 2 is 1.55 bits per heavy atom. The molecule has 1 unspecified atom stereocenters. The van der Waals surface area contributed by atoms with Crippen molar-refractivity contribution in [3.63, 3.8) is 0 Å². The van der Waals surface area contributed by atoms with Crippen LogP contribution in [0.2, 0.25) is 5.02 Å². The van der Waals surface area contributed by atoms with E-state index in [0.717, 1.165) is 6.07 Å². The number of carbonyl (C=O) groups excluding carboxylic acids is 2. The van der Waals surface area contributed by atoms with Crippen molar-refractivity contribution < 1.29 is 46.8 Å². The summed E-state index contributed by atoms with van der Waals surface area (Å²) in [6.07, 6.45) is -2.58. The van der Waals surface area contributed by atoms with Crippen LogP contribution in [0.5, 0.6) is 23.0 Å². The van der Waals surface area contributed by atoms with Crippen LogP contribution in [0.4, 0.5) is 13.2 Å². The minimum absolute atomic E-state index is 0.0542. The van der Waals surface area contributed by atoms with Gasteiger partial charge in [-0.15, -0.1) is 8.78 Å². The molecule has 2 bridgehead atoms. The molecular weight excluding hydrogens is 533 g/mol. The molecule has 4 aliphatic rings. The number of amides is 2. The van der Waals surface area contributed by atoms with Crippen molar-refractivity contribution in [1.29, 1.82) is 0 Å². The van der Waals surface area contributed by atoms with Gasteiger partial charge in [0, 0.05) is 17.7 Å². The quantitative estimate of drug-likeness (QED) is 0.457. The fourth-order valence-electron chi connectivity index (χ4n) is 5.19. The van der Waals surface area contributed by atoms with Gasteiger partial charge in [0.05, 0.1) is 16.7 Å². The van der Waals surface area contributed by atoms with Crippen LogP contribution in [0.1, 0.15) is 32.1 Å². The first-order chi connectivity index (χ1) is 18.0. The highest BCUT2D eigenvalue weighted by molar-refractivity contribution is 6.30. The van der Waals surface area contributed by atoms with E-state index < -0.39 is 47.7 Å². The molecule has 1 atom stereocenters. The maximum Gasteiger partial charge on any atom is 0.586 e. The summed E-state index contributed by atoms with van der Waals surface area (Å²) in [6.45, 7) is -0.745. The number of aliphatic hydroxyl groups is 1.